The molecule has 0 unspecified atom stereocenters. The van der Waals surface area contributed by atoms with Crippen LogP contribution in [0.4, 0.5) is 34.1 Å². The number of hydrogen-bond acceptors (Lipinski definition) is 3. The van der Waals surface area contributed by atoms with Crippen molar-refractivity contribution in [2.75, 3.05) is 9.80 Å². The molecule has 11 rings (SSSR count). The van der Waals surface area contributed by atoms with Gasteiger partial charge in [0.25, 0.3) is 6.71 Å². The van der Waals surface area contributed by atoms with E-state index in [9.17, 15) is 0 Å². The van der Waals surface area contributed by atoms with E-state index in [4.69, 9.17) is 4.42 Å². The molecule has 0 radical (unpaired) electrons. The minimum Gasteiger partial charge on any atom is -0.472 e. The molecule has 3 aliphatic carbocycles. The summed E-state index contributed by atoms with van der Waals surface area (Å²) in [7, 11) is 0. The summed E-state index contributed by atoms with van der Waals surface area (Å²) in [5.74, 6) is 1.18. The summed E-state index contributed by atoms with van der Waals surface area (Å²) in [6.07, 6.45) is 8.99. The molecule has 0 amide bonds. The van der Waals surface area contributed by atoms with Gasteiger partial charge in [-0.2, -0.15) is 0 Å². The summed E-state index contributed by atoms with van der Waals surface area (Å²) in [4.78, 5) is 5.40. The fraction of sp³-hybridized carbons (Fsp3) is 0.483. The molecule has 0 bridgehead atoms. The van der Waals surface area contributed by atoms with E-state index in [1.165, 1.54) is 120 Å². The Morgan fingerprint density at radius 2 is 1.19 bits per heavy atom. The highest BCUT2D eigenvalue weighted by molar-refractivity contribution is 6.99. The summed E-state index contributed by atoms with van der Waals surface area (Å²) >= 11 is 0. The number of hydrogen-bond donors (Lipinski definition) is 0. The van der Waals surface area contributed by atoms with Gasteiger partial charge in [-0.3, -0.25) is 0 Å². The average molecular weight is 821 g/mol. The van der Waals surface area contributed by atoms with Gasteiger partial charge in [-0.25, -0.2) is 0 Å². The van der Waals surface area contributed by atoms with Gasteiger partial charge < -0.3 is 14.2 Å². The smallest absolute Gasteiger partial charge is 0.297 e. The Labute approximate surface area is 373 Å². The van der Waals surface area contributed by atoms with E-state index in [1.54, 1.807) is 0 Å². The SMILES string of the molecule is C=Cc1cc(C(C)(C)C)cc2c1N1c3cc(C)cc4c3B(c3ccc5c(c3N4c3ccc4c(c3)C(C)(C)CCC4(C)C)C(C)(C)CCC5(C)C)c3oc4c(c31)[C@]2(C)CCC4(C)C. The average Bonchev–Trinajstić information content (AvgIpc) is 3.61. The Bertz CT molecular complexity index is 2830. The third kappa shape index (κ3) is 5.07. The minimum atomic E-state index is -0.202. The fourth-order valence-electron chi connectivity index (χ4n) is 13.4. The largest absolute Gasteiger partial charge is 0.472 e. The topological polar surface area (TPSA) is 19.6 Å². The second-order valence-electron chi connectivity index (χ2n) is 25.2. The summed E-state index contributed by atoms with van der Waals surface area (Å²) in [5.41, 5.74) is 24.3. The molecule has 1 aromatic heterocycles. The number of fused-ring (bicyclic) bond motifs is 10. The molecule has 0 saturated heterocycles. The van der Waals surface area contributed by atoms with E-state index in [1.807, 2.05) is 0 Å². The van der Waals surface area contributed by atoms with Crippen LogP contribution in [0.5, 0.6) is 0 Å². The maximum atomic E-state index is 7.74. The Balaban J connectivity index is 1.30. The maximum Gasteiger partial charge on any atom is 0.297 e. The lowest BCUT2D eigenvalue weighted by molar-refractivity contribution is 0.293. The molecular weight excluding hydrogens is 751 g/mol. The summed E-state index contributed by atoms with van der Waals surface area (Å²) in [5, 5.41) is 0. The first-order valence-electron chi connectivity index (χ1n) is 23.9. The number of aryl methyl sites for hydroxylation is 1. The van der Waals surface area contributed by atoms with E-state index in [0.717, 1.165) is 24.9 Å². The van der Waals surface area contributed by atoms with Crippen LogP contribution >= 0.6 is 0 Å². The zero-order valence-corrected chi connectivity index (χ0v) is 40.6. The second kappa shape index (κ2) is 12.0. The van der Waals surface area contributed by atoms with E-state index in [0.29, 0.717) is 0 Å². The zero-order valence-electron chi connectivity index (χ0n) is 40.6. The highest BCUT2D eigenvalue weighted by Gasteiger charge is 2.58. The monoisotopic (exact) mass is 821 g/mol. The van der Waals surface area contributed by atoms with Crippen molar-refractivity contribution in [3.8, 4) is 0 Å². The van der Waals surface area contributed by atoms with E-state index in [-0.39, 0.29) is 44.6 Å². The van der Waals surface area contributed by atoms with E-state index in [2.05, 4.69) is 181 Å². The molecule has 0 fully saturated rings. The molecule has 5 aromatic rings. The summed E-state index contributed by atoms with van der Waals surface area (Å²) < 4.78 is 7.74. The van der Waals surface area contributed by atoms with E-state index < -0.39 is 0 Å². The lowest BCUT2D eigenvalue weighted by Gasteiger charge is -2.51. The van der Waals surface area contributed by atoms with Crippen LogP contribution in [0.2, 0.25) is 0 Å². The Morgan fingerprint density at radius 1 is 0.597 bits per heavy atom. The molecule has 4 aromatic carbocycles. The highest BCUT2D eigenvalue weighted by atomic mass is 16.3. The van der Waals surface area contributed by atoms with Crippen LogP contribution in [0.15, 0.2) is 65.6 Å². The van der Waals surface area contributed by atoms with Crippen LogP contribution in [0.1, 0.15) is 191 Å². The summed E-state index contributed by atoms with van der Waals surface area (Å²) in [6.45, 7) is 41.0. The van der Waals surface area contributed by atoms with Crippen molar-refractivity contribution < 1.29 is 4.42 Å². The number of benzene rings is 4. The minimum absolute atomic E-state index is 0.0123. The number of anilines is 6. The predicted octanol–water partition coefficient (Wildman–Crippen LogP) is 14.0. The molecule has 320 valence electrons. The second-order valence-corrected chi connectivity index (χ2v) is 25.2. The van der Waals surface area contributed by atoms with Gasteiger partial charge in [0.1, 0.15) is 5.76 Å². The Hall–Kier alpha value is -4.44. The maximum absolute atomic E-state index is 7.74. The molecular formula is C58H69BN2O. The lowest BCUT2D eigenvalue weighted by Crippen LogP contribution is -2.62. The standard InChI is InChI=1S/C58H69BN2O/c1-17-34-30-35(52(3,4)5)31-40-47(34)61-43-29-33(2)28-42-46(43)59(51-49(61)45-50(62-51)57(14,15)26-27-58(40,45)16)41-21-20-38-44(56(12,13)25-24-54(38,8)9)48(41)60(42)36-18-19-37-39(32-36)55(10,11)23-22-53(37,6)7/h17-21,28-32H,1,22-27H2,2-16H3/t58-/m1/s1. The third-order valence-electron chi connectivity index (χ3n) is 17.5. The van der Waals surface area contributed by atoms with Gasteiger partial charge in [-0.05, 0) is 158 Å². The van der Waals surface area contributed by atoms with Crippen molar-refractivity contribution in [2.45, 2.75) is 180 Å². The first-order chi connectivity index (χ1) is 28.8. The van der Waals surface area contributed by atoms with Gasteiger partial charge in [0.15, 0.2) is 0 Å². The van der Waals surface area contributed by atoms with Gasteiger partial charge in [0, 0.05) is 39.1 Å². The molecule has 0 saturated carbocycles. The summed E-state index contributed by atoms with van der Waals surface area (Å²) in [6, 6.07) is 22.6. The number of nitrogens with zero attached hydrogens (tertiary/aromatic N) is 2. The Kier molecular flexibility index (Phi) is 7.82. The van der Waals surface area contributed by atoms with Crippen molar-refractivity contribution in [1.29, 1.82) is 0 Å². The number of rotatable bonds is 2. The molecule has 3 aliphatic heterocycles. The predicted molar refractivity (Wildman–Crippen MR) is 266 cm³/mol. The van der Waals surface area contributed by atoms with Crippen LogP contribution in [-0.4, -0.2) is 6.71 Å². The first-order valence-corrected chi connectivity index (χ1v) is 23.9. The van der Waals surface area contributed by atoms with Crippen LogP contribution in [0, 0.1) is 6.92 Å². The molecule has 6 aliphatic rings. The van der Waals surface area contributed by atoms with Crippen molar-refractivity contribution in [3.63, 3.8) is 0 Å². The van der Waals surface area contributed by atoms with Crippen LogP contribution < -0.4 is 26.4 Å². The van der Waals surface area contributed by atoms with Crippen molar-refractivity contribution in [1.82, 2.24) is 0 Å². The van der Waals surface area contributed by atoms with Crippen LogP contribution in [-0.2, 0) is 37.9 Å². The van der Waals surface area contributed by atoms with Crippen LogP contribution in [0.3, 0.4) is 0 Å². The molecule has 0 N–H and O–H groups in total. The quantitative estimate of drug-likeness (QED) is 0.162. The van der Waals surface area contributed by atoms with Crippen molar-refractivity contribution in [2.24, 2.45) is 0 Å². The molecule has 1 atom stereocenters. The fourth-order valence-corrected chi connectivity index (χ4v) is 13.4. The van der Waals surface area contributed by atoms with Gasteiger partial charge in [-0.15, -0.1) is 0 Å². The van der Waals surface area contributed by atoms with Crippen molar-refractivity contribution in [3.05, 3.63) is 117 Å². The van der Waals surface area contributed by atoms with Gasteiger partial charge in [-0.1, -0.05) is 134 Å². The van der Waals surface area contributed by atoms with Gasteiger partial charge in [0.05, 0.1) is 17.0 Å². The van der Waals surface area contributed by atoms with Gasteiger partial charge in [0.2, 0.25) is 0 Å². The molecule has 4 heteroatoms. The van der Waals surface area contributed by atoms with Crippen molar-refractivity contribution >= 4 is 63.5 Å². The normalized spacial score (nSPS) is 23.4. The Morgan fingerprint density at radius 3 is 1.85 bits per heavy atom. The number of furan rings is 1. The van der Waals surface area contributed by atoms with Crippen LogP contribution in [0.25, 0.3) is 6.08 Å². The molecule has 3 nitrogen and oxygen atoms in total. The zero-order chi connectivity index (χ0) is 44.2. The first kappa shape index (κ1) is 40.3. The molecule has 4 heterocycles. The third-order valence-corrected chi connectivity index (χ3v) is 17.5. The van der Waals surface area contributed by atoms with E-state index >= 15 is 0 Å². The van der Waals surface area contributed by atoms with Gasteiger partial charge >= 0.3 is 0 Å². The lowest BCUT2D eigenvalue weighted by atomic mass is 9.34. The molecule has 62 heavy (non-hydrogen) atoms. The highest BCUT2D eigenvalue weighted by Crippen LogP contribution is 2.63. The molecule has 0 spiro atoms.